The third kappa shape index (κ3) is 22.4. The van der Waals surface area contributed by atoms with Crippen molar-refractivity contribution in [2.24, 2.45) is 5.92 Å². The van der Waals surface area contributed by atoms with Crippen molar-refractivity contribution in [1.82, 2.24) is 5.32 Å². The van der Waals surface area contributed by atoms with Gasteiger partial charge in [0, 0.05) is 17.7 Å². The molecule has 3 aromatic rings. The first kappa shape index (κ1) is 53.2. The number of nitrogens with one attached hydrogen (secondary N) is 1. The lowest BCUT2D eigenvalue weighted by atomic mass is 9.99. The van der Waals surface area contributed by atoms with Gasteiger partial charge in [-0.05, 0) is 50.2 Å². The van der Waals surface area contributed by atoms with Crippen LogP contribution in [0.3, 0.4) is 0 Å². The van der Waals surface area contributed by atoms with Gasteiger partial charge in [0.05, 0.1) is 139 Å². The second kappa shape index (κ2) is 30.1. The van der Waals surface area contributed by atoms with Crippen molar-refractivity contribution >= 4 is 37.3 Å². The molecule has 3 aromatic carbocycles. The summed E-state index contributed by atoms with van der Waals surface area (Å²) in [6.07, 6.45) is -0.0265. The summed E-state index contributed by atoms with van der Waals surface area (Å²) >= 11 is 0. The van der Waals surface area contributed by atoms with E-state index in [0.717, 1.165) is 11.1 Å². The van der Waals surface area contributed by atoms with Crippen LogP contribution in [0.25, 0.3) is 0 Å². The van der Waals surface area contributed by atoms with Crippen molar-refractivity contribution in [3.05, 3.63) is 95.1 Å². The Kier molecular flexibility index (Phi) is 25.4. The molecule has 1 amide bonds. The van der Waals surface area contributed by atoms with E-state index < -0.39 is 54.8 Å². The van der Waals surface area contributed by atoms with E-state index >= 15 is 0 Å². The fraction of sp³-hybridized carbons (Fsp3) is 0.523. The lowest BCUT2D eigenvalue weighted by Gasteiger charge is -2.17. The maximum absolute atomic E-state index is 13.8. The van der Waals surface area contributed by atoms with Gasteiger partial charge in [0.2, 0.25) is 0 Å². The molecular weight excluding hydrogens is 863 g/mol. The van der Waals surface area contributed by atoms with E-state index in [2.05, 4.69) is 5.32 Å². The molecule has 0 radical (unpaired) electrons. The van der Waals surface area contributed by atoms with Gasteiger partial charge in [-0.2, -0.15) is 0 Å². The molecule has 0 fully saturated rings. The van der Waals surface area contributed by atoms with Crippen molar-refractivity contribution in [2.75, 3.05) is 124 Å². The lowest BCUT2D eigenvalue weighted by molar-refractivity contribution is -0.138. The molecule has 17 nitrogen and oxygen atoms in total. The number of amides is 1. The van der Waals surface area contributed by atoms with Crippen LogP contribution in [0.15, 0.2) is 82.6 Å². The third-order valence-electron chi connectivity index (χ3n) is 9.00. The average Bonchev–Trinajstić information content (AvgIpc) is 3.25. The first-order valence-corrected chi connectivity index (χ1v) is 23.9. The Morgan fingerprint density at radius 1 is 0.476 bits per heavy atom. The van der Waals surface area contributed by atoms with Crippen LogP contribution in [0.4, 0.5) is 0 Å². The van der Waals surface area contributed by atoms with Crippen LogP contribution in [-0.2, 0) is 62.4 Å². The Morgan fingerprint density at radius 2 is 0.794 bits per heavy atom. The number of rotatable bonds is 36. The zero-order valence-electron chi connectivity index (χ0n) is 36.0. The highest BCUT2D eigenvalue weighted by atomic mass is 32.2. The van der Waals surface area contributed by atoms with Gasteiger partial charge >= 0.3 is 5.97 Å². The Bertz CT molecular complexity index is 1920. The van der Waals surface area contributed by atoms with Gasteiger partial charge in [0.1, 0.15) is 0 Å². The fourth-order valence-corrected chi connectivity index (χ4v) is 8.81. The molecule has 0 unspecified atom stereocenters. The predicted octanol–water partition coefficient (Wildman–Crippen LogP) is 3.39. The summed E-state index contributed by atoms with van der Waals surface area (Å²) in [7, 11) is -8.09. The molecule has 350 valence electrons. The molecule has 0 bridgehead atoms. The minimum atomic E-state index is -4.04. The normalized spacial score (nSPS) is 11.9. The predicted molar refractivity (Wildman–Crippen MR) is 232 cm³/mol. The van der Waals surface area contributed by atoms with Gasteiger partial charge in [-0.3, -0.25) is 14.4 Å². The molecular formula is C44H61NO16S2. The van der Waals surface area contributed by atoms with Crippen LogP contribution < -0.4 is 5.32 Å². The van der Waals surface area contributed by atoms with Gasteiger partial charge in [-0.15, -0.1) is 0 Å². The molecule has 0 saturated heterocycles. The number of aryl methyl sites for hydroxylation is 2. The van der Waals surface area contributed by atoms with Crippen molar-refractivity contribution in [3.8, 4) is 0 Å². The monoisotopic (exact) mass is 923 g/mol. The minimum absolute atomic E-state index is 0.0116. The van der Waals surface area contributed by atoms with Crippen LogP contribution in [0.2, 0.25) is 0 Å². The van der Waals surface area contributed by atoms with Crippen LogP contribution >= 0.6 is 0 Å². The van der Waals surface area contributed by atoms with Crippen molar-refractivity contribution in [1.29, 1.82) is 0 Å². The Morgan fingerprint density at radius 3 is 1.14 bits per heavy atom. The largest absolute Gasteiger partial charge is 0.481 e. The number of carboxylic acid groups (broad SMARTS) is 1. The van der Waals surface area contributed by atoms with E-state index in [1.165, 1.54) is 48.5 Å². The SMILES string of the molecule is Cc1ccc(S(=O)(=O)CC(CS(=O)(=O)c2ccc(C)cc2)C(=O)c2ccc(C(=O)NCCOCCOCCOCCOCCOCCOCCOCCOCCC(=O)O)cc2)cc1. The first-order chi connectivity index (χ1) is 30.3. The summed E-state index contributed by atoms with van der Waals surface area (Å²) < 4.78 is 96.8. The summed E-state index contributed by atoms with van der Waals surface area (Å²) in [5.74, 6) is -4.82. The molecule has 3 rings (SSSR count). The molecule has 0 aromatic heterocycles. The van der Waals surface area contributed by atoms with Crippen LogP contribution in [0, 0.1) is 19.8 Å². The van der Waals surface area contributed by atoms with Gasteiger partial charge in [-0.25, -0.2) is 16.8 Å². The van der Waals surface area contributed by atoms with Crippen LogP contribution in [0.1, 0.15) is 38.3 Å². The summed E-state index contributed by atoms with van der Waals surface area (Å²) in [5.41, 5.74) is 2.03. The Balaban J connectivity index is 1.23. The molecule has 0 atom stereocenters. The van der Waals surface area contributed by atoms with Crippen LogP contribution in [-0.4, -0.2) is 163 Å². The standard InChI is InChI=1S/C44H61NO16S2/c1-35-3-11-40(12-4-35)62(50,51)33-39(34-63(52,53)41-13-5-36(2)6-14-41)43(48)37-7-9-38(10-8-37)44(49)45-16-18-55-20-22-57-24-26-59-28-30-61-32-31-60-29-27-58-25-23-56-21-19-54-17-15-42(46)47/h3-14,39H,15-34H2,1-2H3,(H,45,49)(H,46,47). The van der Waals surface area contributed by atoms with Crippen LogP contribution in [0.5, 0.6) is 0 Å². The van der Waals surface area contributed by atoms with E-state index in [1.54, 1.807) is 24.3 Å². The number of carboxylic acids is 1. The Labute approximate surface area is 370 Å². The van der Waals surface area contributed by atoms with E-state index in [0.29, 0.717) is 92.5 Å². The van der Waals surface area contributed by atoms with Gasteiger partial charge < -0.3 is 48.3 Å². The number of benzene rings is 3. The number of ether oxygens (including phenoxy) is 8. The summed E-state index contributed by atoms with van der Waals surface area (Å²) in [6.45, 7) is 9.71. The van der Waals surface area contributed by atoms with E-state index in [9.17, 15) is 31.2 Å². The number of Topliss-reactive ketones (excluding diaryl/α,β-unsaturated/α-hetero) is 1. The maximum Gasteiger partial charge on any atom is 0.305 e. The number of ketones is 1. The second-order valence-electron chi connectivity index (χ2n) is 14.1. The highest BCUT2D eigenvalue weighted by molar-refractivity contribution is 7.92. The molecule has 0 aliphatic carbocycles. The topological polar surface area (TPSA) is 226 Å². The molecule has 19 heteroatoms. The highest BCUT2D eigenvalue weighted by Gasteiger charge is 2.33. The van der Waals surface area contributed by atoms with Gasteiger partial charge in [0.15, 0.2) is 25.5 Å². The first-order valence-electron chi connectivity index (χ1n) is 20.6. The second-order valence-corrected chi connectivity index (χ2v) is 18.2. The molecule has 0 spiro atoms. The maximum atomic E-state index is 13.8. The van der Waals surface area contributed by atoms with E-state index in [4.69, 9.17) is 43.0 Å². The average molecular weight is 924 g/mol. The van der Waals surface area contributed by atoms with Crippen molar-refractivity contribution < 1.29 is 74.2 Å². The van der Waals surface area contributed by atoms with Crippen molar-refractivity contribution in [2.45, 2.75) is 30.1 Å². The molecule has 0 aliphatic rings. The van der Waals surface area contributed by atoms with E-state index in [-0.39, 0.29) is 47.1 Å². The summed E-state index contributed by atoms with van der Waals surface area (Å²) in [6, 6.07) is 17.9. The number of hydrogen-bond donors (Lipinski definition) is 2. The number of carbonyl (C=O) groups excluding carboxylic acids is 2. The smallest absolute Gasteiger partial charge is 0.305 e. The highest BCUT2D eigenvalue weighted by Crippen LogP contribution is 2.23. The van der Waals surface area contributed by atoms with Gasteiger partial charge in [-0.1, -0.05) is 47.5 Å². The number of hydrogen-bond acceptors (Lipinski definition) is 15. The molecule has 0 aliphatic heterocycles. The quantitative estimate of drug-likeness (QED) is 0.0630. The fourth-order valence-electron chi connectivity index (χ4n) is 5.57. The Hall–Kier alpha value is -4.15. The molecule has 2 N–H and O–H groups in total. The summed E-state index contributed by atoms with van der Waals surface area (Å²) in [4.78, 5) is 36.9. The lowest BCUT2D eigenvalue weighted by Crippen LogP contribution is -2.31. The molecule has 63 heavy (non-hydrogen) atoms. The third-order valence-corrected chi connectivity index (χ3v) is 12.7. The van der Waals surface area contributed by atoms with Crippen molar-refractivity contribution in [3.63, 3.8) is 0 Å². The zero-order valence-corrected chi connectivity index (χ0v) is 37.7. The number of carbonyl (C=O) groups is 3. The molecule has 0 heterocycles. The minimum Gasteiger partial charge on any atom is -0.481 e. The van der Waals surface area contributed by atoms with E-state index in [1.807, 2.05) is 13.8 Å². The molecule has 0 saturated carbocycles. The van der Waals surface area contributed by atoms with Gasteiger partial charge in [0.25, 0.3) is 5.91 Å². The number of aliphatic carboxylic acids is 1. The number of sulfone groups is 2. The zero-order chi connectivity index (χ0) is 45.8. The summed E-state index contributed by atoms with van der Waals surface area (Å²) in [5, 5.41) is 11.3.